The summed E-state index contributed by atoms with van der Waals surface area (Å²) in [6.07, 6.45) is -0.784. The van der Waals surface area contributed by atoms with Crippen LogP contribution >= 0.6 is 0 Å². The largest absolute Gasteiger partial charge is 0.481 e. The Morgan fingerprint density at radius 2 is 1.88 bits per heavy atom. The van der Waals surface area contributed by atoms with Crippen LogP contribution in [0.25, 0.3) is 11.2 Å². The number of aliphatic carboxylic acids is 2. The van der Waals surface area contributed by atoms with Crippen molar-refractivity contribution in [2.75, 3.05) is 23.3 Å². The lowest BCUT2D eigenvalue weighted by Crippen LogP contribution is -2.41. The standard InChI is InChI=1S/C20H22N8O6/c1-28(8-12-18(32)26-16-14(23-12)15(21)25-20(22)27-16)10-4-2-9(3-5-10)17(31)24-11(19(33)34)6-7-13(29)30/h2-5,11H,6-8H2,1H3,(H,24,31)(H,29,30)(H,33,34)(H5,21,22,25,26,27,32)/t11-/m1/s1/i1D3. The van der Waals surface area contributed by atoms with Crippen LogP contribution in [0.2, 0.25) is 0 Å². The molecule has 14 nitrogen and oxygen atoms in total. The number of carbonyl (C=O) groups excluding carboxylic acids is 1. The van der Waals surface area contributed by atoms with Gasteiger partial charge in [0.25, 0.3) is 11.5 Å². The molecule has 0 aliphatic heterocycles. The van der Waals surface area contributed by atoms with Gasteiger partial charge in [-0.1, -0.05) is 0 Å². The van der Waals surface area contributed by atoms with Gasteiger partial charge < -0.3 is 36.9 Å². The molecule has 14 heteroatoms. The molecule has 178 valence electrons. The van der Waals surface area contributed by atoms with E-state index in [4.69, 9.17) is 20.7 Å². The van der Waals surface area contributed by atoms with E-state index in [-0.39, 0.29) is 46.3 Å². The maximum absolute atomic E-state index is 12.5. The molecular formula is C20H22N8O6. The molecule has 8 N–H and O–H groups in total. The van der Waals surface area contributed by atoms with Gasteiger partial charge in [0, 0.05) is 28.8 Å². The van der Waals surface area contributed by atoms with Crippen LogP contribution in [0.3, 0.4) is 0 Å². The predicted molar refractivity (Wildman–Crippen MR) is 121 cm³/mol. The number of carboxylic acid groups (broad SMARTS) is 2. The number of nitrogens with zero attached hydrogens (tertiary/aromatic N) is 4. The van der Waals surface area contributed by atoms with Crippen LogP contribution < -0.4 is 27.2 Å². The van der Waals surface area contributed by atoms with Crippen LogP contribution in [-0.2, 0) is 16.1 Å². The molecule has 3 aromatic rings. The number of H-pyrrole nitrogens is 1. The number of rotatable bonds is 9. The molecule has 0 radical (unpaired) electrons. The van der Waals surface area contributed by atoms with Gasteiger partial charge in [0.05, 0.1) is 6.54 Å². The Labute approximate surface area is 195 Å². The number of benzene rings is 1. The summed E-state index contributed by atoms with van der Waals surface area (Å²) in [5.74, 6) is -3.71. The second-order valence-corrected chi connectivity index (χ2v) is 7.11. The fraction of sp³-hybridized carbons (Fsp3) is 0.250. The number of carbonyl (C=O) groups is 3. The zero-order chi connectivity index (χ0) is 27.5. The smallest absolute Gasteiger partial charge is 0.326 e. The summed E-state index contributed by atoms with van der Waals surface area (Å²) in [7, 11) is 0. The minimum atomic E-state index is -2.73. The molecule has 1 amide bonds. The summed E-state index contributed by atoms with van der Waals surface area (Å²) in [4.78, 5) is 62.1. The first-order chi connectivity index (χ1) is 17.3. The van der Waals surface area contributed by atoms with Gasteiger partial charge in [0.2, 0.25) is 5.95 Å². The second-order valence-electron chi connectivity index (χ2n) is 7.11. The van der Waals surface area contributed by atoms with E-state index < -0.39 is 49.4 Å². The highest BCUT2D eigenvalue weighted by Gasteiger charge is 2.22. The average molecular weight is 473 g/mol. The van der Waals surface area contributed by atoms with E-state index in [0.29, 0.717) is 0 Å². The van der Waals surface area contributed by atoms with Crippen molar-refractivity contribution in [2.24, 2.45) is 0 Å². The van der Waals surface area contributed by atoms with Crippen molar-refractivity contribution >= 4 is 46.5 Å². The fourth-order valence-electron chi connectivity index (χ4n) is 2.96. The molecule has 1 aromatic carbocycles. The second kappa shape index (κ2) is 9.81. The zero-order valence-electron chi connectivity index (χ0n) is 20.5. The number of aromatic amines is 1. The lowest BCUT2D eigenvalue weighted by molar-refractivity contribution is -0.140. The Morgan fingerprint density at radius 3 is 2.50 bits per heavy atom. The van der Waals surface area contributed by atoms with E-state index in [9.17, 15) is 24.3 Å². The molecular weight excluding hydrogens is 448 g/mol. The topological polar surface area (TPSA) is 231 Å². The van der Waals surface area contributed by atoms with Crippen LogP contribution in [0.5, 0.6) is 0 Å². The normalized spacial score (nSPS) is 13.4. The Bertz CT molecular complexity index is 1410. The molecule has 2 heterocycles. The third-order valence-corrected chi connectivity index (χ3v) is 4.67. The first kappa shape index (κ1) is 19.9. The van der Waals surface area contributed by atoms with E-state index in [2.05, 4.69) is 25.3 Å². The Hall–Kier alpha value is -4.75. The summed E-state index contributed by atoms with van der Waals surface area (Å²) in [5.41, 5.74) is 10.5. The first-order valence-electron chi connectivity index (χ1n) is 11.2. The minimum Gasteiger partial charge on any atom is -0.481 e. The molecule has 0 saturated heterocycles. The van der Waals surface area contributed by atoms with E-state index in [1.807, 2.05) is 0 Å². The molecule has 0 spiro atoms. The fourth-order valence-corrected chi connectivity index (χ4v) is 2.96. The molecule has 0 fully saturated rings. The molecule has 1 atom stereocenters. The number of amides is 1. The maximum atomic E-state index is 12.5. The Kier molecular flexibility index (Phi) is 5.74. The molecule has 3 rings (SSSR count). The SMILES string of the molecule is [2H]C([2H])([2H])N(Cc1nc2c(N)nc(N)nc2[nH]c1=O)c1ccc(C(=O)N[C@H](CCC(=O)O)C(=O)O)cc1. The molecule has 0 saturated carbocycles. The number of aromatic nitrogens is 4. The number of hydrogen-bond acceptors (Lipinski definition) is 10. The third kappa shape index (κ3) is 5.53. The minimum absolute atomic E-state index is 0.00000488. The summed E-state index contributed by atoms with van der Waals surface area (Å²) in [5, 5.41) is 20.2. The van der Waals surface area contributed by atoms with Crippen LogP contribution in [0.15, 0.2) is 29.1 Å². The van der Waals surface area contributed by atoms with Crippen LogP contribution in [-0.4, -0.2) is 61.0 Å². The lowest BCUT2D eigenvalue weighted by Gasteiger charge is -2.19. The molecule has 2 aromatic heterocycles. The number of carboxylic acids is 2. The summed E-state index contributed by atoms with van der Waals surface area (Å²) < 4.78 is 23.7. The van der Waals surface area contributed by atoms with Gasteiger partial charge in [-0.15, -0.1) is 0 Å². The van der Waals surface area contributed by atoms with Gasteiger partial charge in [0.15, 0.2) is 11.5 Å². The average Bonchev–Trinajstić information content (AvgIpc) is 2.79. The quantitative estimate of drug-likeness (QED) is 0.232. The summed E-state index contributed by atoms with van der Waals surface area (Å²) in [6.45, 7) is -3.21. The Balaban J connectivity index is 1.86. The highest BCUT2D eigenvalue weighted by atomic mass is 16.4. The van der Waals surface area contributed by atoms with Gasteiger partial charge in [-0.3, -0.25) is 14.4 Å². The highest BCUT2D eigenvalue weighted by molar-refractivity contribution is 5.97. The third-order valence-electron chi connectivity index (χ3n) is 4.67. The van der Waals surface area contributed by atoms with Crippen molar-refractivity contribution in [3.8, 4) is 0 Å². The van der Waals surface area contributed by atoms with Gasteiger partial charge in [0.1, 0.15) is 17.3 Å². The van der Waals surface area contributed by atoms with Crippen LogP contribution in [0, 0.1) is 0 Å². The lowest BCUT2D eigenvalue weighted by atomic mass is 10.1. The number of anilines is 3. The van der Waals surface area contributed by atoms with Gasteiger partial charge >= 0.3 is 11.9 Å². The number of fused-ring (bicyclic) bond motifs is 1. The van der Waals surface area contributed by atoms with Crippen LogP contribution in [0.4, 0.5) is 17.5 Å². The Morgan fingerprint density at radius 1 is 1.18 bits per heavy atom. The van der Waals surface area contributed by atoms with Crippen molar-refractivity contribution < 1.29 is 28.7 Å². The van der Waals surface area contributed by atoms with Gasteiger partial charge in [-0.25, -0.2) is 9.78 Å². The number of nitrogen functional groups attached to an aromatic ring is 2. The molecule has 34 heavy (non-hydrogen) atoms. The highest BCUT2D eigenvalue weighted by Crippen LogP contribution is 2.17. The van der Waals surface area contributed by atoms with Crippen molar-refractivity contribution in [1.82, 2.24) is 25.3 Å². The van der Waals surface area contributed by atoms with E-state index >= 15 is 0 Å². The van der Waals surface area contributed by atoms with E-state index in [0.717, 1.165) is 4.90 Å². The maximum Gasteiger partial charge on any atom is 0.326 e. The zero-order valence-corrected chi connectivity index (χ0v) is 17.5. The van der Waals surface area contributed by atoms with Crippen molar-refractivity contribution in [2.45, 2.75) is 25.4 Å². The van der Waals surface area contributed by atoms with Crippen molar-refractivity contribution in [3.05, 3.63) is 45.9 Å². The van der Waals surface area contributed by atoms with Gasteiger partial charge in [-0.2, -0.15) is 9.97 Å². The van der Waals surface area contributed by atoms with Gasteiger partial charge in [-0.05, 0) is 30.7 Å². The number of hydrogen-bond donors (Lipinski definition) is 6. The summed E-state index contributed by atoms with van der Waals surface area (Å²) >= 11 is 0. The molecule has 0 unspecified atom stereocenters. The summed E-state index contributed by atoms with van der Waals surface area (Å²) in [6, 6.07) is 3.67. The number of nitrogens with one attached hydrogen (secondary N) is 2. The van der Waals surface area contributed by atoms with E-state index in [1.54, 1.807) is 0 Å². The molecule has 0 aliphatic carbocycles. The van der Waals surface area contributed by atoms with Crippen molar-refractivity contribution in [1.29, 1.82) is 0 Å². The first-order valence-corrected chi connectivity index (χ1v) is 9.71. The molecule has 0 bridgehead atoms. The molecule has 0 aliphatic rings. The van der Waals surface area contributed by atoms with Crippen molar-refractivity contribution in [3.63, 3.8) is 0 Å². The predicted octanol–water partition coefficient (Wildman–Crippen LogP) is -0.438. The van der Waals surface area contributed by atoms with E-state index in [1.165, 1.54) is 24.3 Å². The van der Waals surface area contributed by atoms with Crippen LogP contribution in [0.1, 0.15) is 33.0 Å². The monoisotopic (exact) mass is 473 g/mol. The number of nitrogens with two attached hydrogens (primary N) is 2.